The SMILES string of the molecule is COc1cc(C)nc(OC2CCCC2CN)n1. The zero-order valence-electron chi connectivity index (χ0n) is 10.3. The van der Waals surface area contributed by atoms with Gasteiger partial charge in [-0.3, -0.25) is 0 Å². The number of nitrogens with two attached hydrogens (primary N) is 1. The van der Waals surface area contributed by atoms with Crippen LogP contribution in [-0.4, -0.2) is 29.7 Å². The van der Waals surface area contributed by atoms with Crippen LogP contribution in [0.1, 0.15) is 25.0 Å². The van der Waals surface area contributed by atoms with Gasteiger partial charge in [-0.2, -0.15) is 4.98 Å². The summed E-state index contributed by atoms with van der Waals surface area (Å²) >= 11 is 0. The smallest absolute Gasteiger partial charge is 0.320 e. The van der Waals surface area contributed by atoms with E-state index in [0.717, 1.165) is 25.0 Å². The Morgan fingerprint density at radius 1 is 1.41 bits per heavy atom. The highest BCUT2D eigenvalue weighted by Crippen LogP contribution is 2.28. The minimum absolute atomic E-state index is 0.145. The van der Waals surface area contributed by atoms with Crippen molar-refractivity contribution >= 4 is 0 Å². The number of hydrogen-bond acceptors (Lipinski definition) is 5. The molecule has 5 nitrogen and oxygen atoms in total. The monoisotopic (exact) mass is 237 g/mol. The summed E-state index contributed by atoms with van der Waals surface area (Å²) in [4.78, 5) is 8.45. The summed E-state index contributed by atoms with van der Waals surface area (Å²) in [7, 11) is 1.59. The Labute approximate surface area is 101 Å². The Morgan fingerprint density at radius 2 is 2.24 bits per heavy atom. The fraction of sp³-hybridized carbons (Fsp3) is 0.667. The molecule has 17 heavy (non-hydrogen) atoms. The summed E-state index contributed by atoms with van der Waals surface area (Å²) in [6, 6.07) is 2.18. The van der Waals surface area contributed by atoms with Crippen molar-refractivity contribution in [3.8, 4) is 11.9 Å². The number of aryl methyl sites for hydroxylation is 1. The lowest BCUT2D eigenvalue weighted by Crippen LogP contribution is -2.28. The van der Waals surface area contributed by atoms with Crippen molar-refractivity contribution < 1.29 is 9.47 Å². The first-order chi connectivity index (χ1) is 8.22. The zero-order chi connectivity index (χ0) is 12.3. The van der Waals surface area contributed by atoms with Crippen LogP contribution >= 0.6 is 0 Å². The molecule has 0 aromatic carbocycles. The zero-order valence-corrected chi connectivity index (χ0v) is 10.3. The summed E-state index contributed by atoms with van der Waals surface area (Å²) in [5.74, 6) is 0.958. The highest BCUT2D eigenvalue weighted by Gasteiger charge is 2.28. The molecule has 1 aromatic heterocycles. The lowest BCUT2D eigenvalue weighted by molar-refractivity contribution is 0.146. The van der Waals surface area contributed by atoms with Gasteiger partial charge in [0.1, 0.15) is 6.10 Å². The van der Waals surface area contributed by atoms with E-state index >= 15 is 0 Å². The lowest BCUT2D eigenvalue weighted by Gasteiger charge is -2.18. The molecule has 0 saturated heterocycles. The molecule has 2 rings (SSSR count). The van der Waals surface area contributed by atoms with Crippen molar-refractivity contribution in [1.29, 1.82) is 0 Å². The molecule has 0 bridgehead atoms. The molecule has 1 saturated carbocycles. The molecule has 1 aromatic rings. The van der Waals surface area contributed by atoms with Gasteiger partial charge < -0.3 is 15.2 Å². The van der Waals surface area contributed by atoms with Crippen LogP contribution in [0.15, 0.2) is 6.07 Å². The summed E-state index contributed by atoms with van der Waals surface area (Å²) in [5, 5.41) is 0. The van der Waals surface area contributed by atoms with Crippen molar-refractivity contribution in [2.75, 3.05) is 13.7 Å². The van der Waals surface area contributed by atoms with Gasteiger partial charge in [0.15, 0.2) is 0 Å². The highest BCUT2D eigenvalue weighted by atomic mass is 16.5. The lowest BCUT2D eigenvalue weighted by atomic mass is 10.1. The van der Waals surface area contributed by atoms with Crippen LogP contribution < -0.4 is 15.2 Å². The Bertz CT molecular complexity index is 384. The fourth-order valence-corrected chi connectivity index (χ4v) is 2.23. The van der Waals surface area contributed by atoms with Gasteiger partial charge in [0, 0.05) is 17.7 Å². The van der Waals surface area contributed by atoms with Crippen LogP contribution in [0.25, 0.3) is 0 Å². The topological polar surface area (TPSA) is 70.3 Å². The second-order valence-electron chi connectivity index (χ2n) is 4.42. The first kappa shape index (κ1) is 12.1. The van der Waals surface area contributed by atoms with Crippen molar-refractivity contribution in [3.63, 3.8) is 0 Å². The molecule has 2 N–H and O–H groups in total. The Morgan fingerprint density at radius 3 is 2.94 bits per heavy atom. The maximum atomic E-state index is 5.82. The molecular weight excluding hydrogens is 218 g/mol. The fourth-order valence-electron chi connectivity index (χ4n) is 2.23. The minimum Gasteiger partial charge on any atom is -0.481 e. The quantitative estimate of drug-likeness (QED) is 0.854. The maximum Gasteiger partial charge on any atom is 0.320 e. The van der Waals surface area contributed by atoms with Crippen molar-refractivity contribution in [2.45, 2.75) is 32.3 Å². The van der Waals surface area contributed by atoms with E-state index in [9.17, 15) is 0 Å². The van der Waals surface area contributed by atoms with E-state index in [0.29, 0.717) is 24.4 Å². The largest absolute Gasteiger partial charge is 0.481 e. The van der Waals surface area contributed by atoms with Gasteiger partial charge in [0.25, 0.3) is 0 Å². The van der Waals surface area contributed by atoms with Gasteiger partial charge in [0.2, 0.25) is 5.88 Å². The molecule has 0 amide bonds. The number of hydrogen-bond donors (Lipinski definition) is 1. The Hall–Kier alpha value is -1.36. The summed E-state index contributed by atoms with van der Waals surface area (Å²) < 4.78 is 10.9. The number of ether oxygens (including phenoxy) is 2. The third-order valence-electron chi connectivity index (χ3n) is 3.17. The molecule has 2 unspecified atom stereocenters. The normalized spacial score (nSPS) is 23.7. The molecule has 1 heterocycles. The van der Waals surface area contributed by atoms with E-state index in [1.807, 2.05) is 6.92 Å². The highest BCUT2D eigenvalue weighted by molar-refractivity contribution is 5.17. The molecule has 94 valence electrons. The molecule has 1 fully saturated rings. The van der Waals surface area contributed by atoms with Gasteiger partial charge in [-0.25, -0.2) is 4.98 Å². The predicted molar refractivity (Wildman–Crippen MR) is 64.1 cm³/mol. The van der Waals surface area contributed by atoms with E-state index in [1.165, 1.54) is 0 Å². The van der Waals surface area contributed by atoms with Gasteiger partial charge >= 0.3 is 6.01 Å². The van der Waals surface area contributed by atoms with Gasteiger partial charge in [-0.15, -0.1) is 0 Å². The maximum absolute atomic E-state index is 5.82. The van der Waals surface area contributed by atoms with Crippen LogP contribution in [0.5, 0.6) is 11.9 Å². The molecule has 2 atom stereocenters. The van der Waals surface area contributed by atoms with Crippen LogP contribution in [-0.2, 0) is 0 Å². The summed E-state index contributed by atoms with van der Waals surface area (Å²) in [5.41, 5.74) is 6.56. The molecule has 0 spiro atoms. The minimum atomic E-state index is 0.145. The molecule has 5 heteroatoms. The molecular formula is C12H19N3O2. The van der Waals surface area contributed by atoms with E-state index in [-0.39, 0.29) is 6.10 Å². The van der Waals surface area contributed by atoms with Crippen molar-refractivity contribution in [1.82, 2.24) is 9.97 Å². The number of rotatable bonds is 4. The average Bonchev–Trinajstić information content (AvgIpc) is 2.75. The second-order valence-corrected chi connectivity index (χ2v) is 4.42. The van der Waals surface area contributed by atoms with Crippen LogP contribution in [0, 0.1) is 12.8 Å². The van der Waals surface area contributed by atoms with E-state index < -0.39 is 0 Å². The number of nitrogens with zero attached hydrogens (tertiary/aromatic N) is 2. The van der Waals surface area contributed by atoms with Crippen molar-refractivity contribution in [2.24, 2.45) is 11.7 Å². The van der Waals surface area contributed by atoms with E-state index in [2.05, 4.69) is 9.97 Å². The third-order valence-corrected chi connectivity index (χ3v) is 3.17. The second kappa shape index (κ2) is 5.31. The standard InChI is InChI=1S/C12H19N3O2/c1-8-6-11(16-2)15-12(14-8)17-10-5-3-4-9(10)7-13/h6,9-10H,3-5,7,13H2,1-2H3. The van der Waals surface area contributed by atoms with Gasteiger partial charge in [-0.05, 0) is 32.7 Å². The Balaban J connectivity index is 2.09. The number of methoxy groups -OCH3 is 1. The third kappa shape index (κ3) is 2.85. The number of aromatic nitrogens is 2. The first-order valence-electron chi connectivity index (χ1n) is 5.99. The average molecular weight is 237 g/mol. The van der Waals surface area contributed by atoms with Crippen LogP contribution in [0.2, 0.25) is 0 Å². The van der Waals surface area contributed by atoms with Crippen LogP contribution in [0.3, 0.4) is 0 Å². The molecule has 0 aliphatic heterocycles. The van der Waals surface area contributed by atoms with E-state index in [1.54, 1.807) is 13.2 Å². The van der Waals surface area contributed by atoms with E-state index in [4.69, 9.17) is 15.2 Å². The molecule has 1 aliphatic rings. The summed E-state index contributed by atoms with van der Waals surface area (Å²) in [6.07, 6.45) is 3.47. The molecule has 1 aliphatic carbocycles. The Kier molecular flexibility index (Phi) is 3.78. The summed E-state index contributed by atoms with van der Waals surface area (Å²) in [6.45, 7) is 2.56. The van der Waals surface area contributed by atoms with Gasteiger partial charge in [0.05, 0.1) is 7.11 Å². The first-order valence-corrected chi connectivity index (χ1v) is 5.99. The molecule has 0 radical (unpaired) electrons. The van der Waals surface area contributed by atoms with Crippen LogP contribution in [0.4, 0.5) is 0 Å². The van der Waals surface area contributed by atoms with Gasteiger partial charge in [-0.1, -0.05) is 0 Å². The van der Waals surface area contributed by atoms with Crippen molar-refractivity contribution in [3.05, 3.63) is 11.8 Å². The predicted octanol–water partition coefficient (Wildman–Crippen LogP) is 1.30.